The molecular formula is C50H35N5. The Kier molecular flexibility index (Phi) is 9.80. The molecule has 0 atom stereocenters. The van der Waals surface area contributed by atoms with Crippen molar-refractivity contribution >= 4 is 17.1 Å². The fourth-order valence-corrected chi connectivity index (χ4v) is 7.28. The van der Waals surface area contributed by atoms with E-state index >= 15 is 0 Å². The number of rotatable bonds is 7. The van der Waals surface area contributed by atoms with E-state index in [0.717, 1.165) is 83.8 Å². The van der Waals surface area contributed by atoms with Crippen molar-refractivity contribution in [3.8, 4) is 68.8 Å². The smallest absolute Gasteiger partial charge is 0.101 e. The second kappa shape index (κ2) is 15.1. The minimum absolute atomic E-state index is 0.380. The van der Waals surface area contributed by atoms with Gasteiger partial charge in [-0.25, -0.2) is 0 Å². The number of nitrogens with zero attached hydrogens (tertiary/aromatic N) is 5. The number of hydrogen-bond donors (Lipinski definition) is 0. The van der Waals surface area contributed by atoms with Crippen LogP contribution in [0.1, 0.15) is 44.5 Å². The molecule has 0 fully saturated rings. The molecule has 55 heavy (non-hydrogen) atoms. The van der Waals surface area contributed by atoms with E-state index in [0.29, 0.717) is 22.3 Å². The summed E-state index contributed by atoms with van der Waals surface area (Å²) in [7, 11) is 0. The van der Waals surface area contributed by atoms with Crippen LogP contribution in [0.5, 0.6) is 0 Å². The van der Waals surface area contributed by atoms with Crippen LogP contribution >= 0.6 is 0 Å². The fraction of sp³-hybridized carbons (Fsp3) is 0.0800. The number of anilines is 3. The van der Waals surface area contributed by atoms with E-state index in [2.05, 4.69) is 142 Å². The van der Waals surface area contributed by atoms with Crippen LogP contribution in [0.3, 0.4) is 0 Å². The topological polar surface area (TPSA) is 98.4 Å². The van der Waals surface area contributed by atoms with Crippen LogP contribution < -0.4 is 4.90 Å². The highest BCUT2D eigenvalue weighted by Gasteiger charge is 2.16. The fourth-order valence-electron chi connectivity index (χ4n) is 7.28. The van der Waals surface area contributed by atoms with Crippen molar-refractivity contribution in [2.24, 2.45) is 0 Å². The third-order valence-electron chi connectivity index (χ3n) is 10.2. The molecule has 0 amide bonds. The van der Waals surface area contributed by atoms with Crippen molar-refractivity contribution in [1.29, 1.82) is 21.0 Å². The highest BCUT2D eigenvalue weighted by atomic mass is 15.1. The Balaban J connectivity index is 1.19. The van der Waals surface area contributed by atoms with E-state index in [1.807, 2.05) is 30.3 Å². The molecule has 7 rings (SSSR count). The molecule has 0 N–H and O–H groups in total. The molecule has 0 aliphatic rings. The van der Waals surface area contributed by atoms with Crippen LogP contribution in [0.2, 0.25) is 0 Å². The summed E-state index contributed by atoms with van der Waals surface area (Å²) in [5.74, 6) is 0. The SMILES string of the molecule is Cc1cc(-c2ccc(C#N)c(C#N)c2)c(C)cc1-c1ccc(N(c2ccccc2)c2ccc(-c3cc(C)c(-c4ccc(C#N)c(C#N)c4)cc3C)cc2)cc1. The van der Waals surface area contributed by atoms with E-state index in [1.54, 1.807) is 24.3 Å². The number of para-hydroxylation sites is 1. The maximum Gasteiger partial charge on any atom is 0.101 e. The van der Waals surface area contributed by atoms with Crippen molar-refractivity contribution < 1.29 is 0 Å². The minimum Gasteiger partial charge on any atom is -0.311 e. The van der Waals surface area contributed by atoms with E-state index in [1.165, 1.54) is 0 Å². The van der Waals surface area contributed by atoms with Crippen LogP contribution in [0, 0.1) is 73.0 Å². The van der Waals surface area contributed by atoms with Crippen LogP contribution in [0.15, 0.2) is 140 Å². The summed E-state index contributed by atoms with van der Waals surface area (Å²) < 4.78 is 0. The van der Waals surface area contributed by atoms with Gasteiger partial charge in [-0.2, -0.15) is 21.0 Å². The zero-order chi connectivity index (χ0) is 38.6. The lowest BCUT2D eigenvalue weighted by atomic mass is 9.90. The van der Waals surface area contributed by atoms with Crippen molar-refractivity contribution in [3.63, 3.8) is 0 Å². The Hall–Kier alpha value is -7.70. The largest absolute Gasteiger partial charge is 0.311 e. The van der Waals surface area contributed by atoms with Gasteiger partial charge < -0.3 is 4.90 Å². The van der Waals surface area contributed by atoms with Crippen LogP contribution in [-0.2, 0) is 0 Å². The molecule has 7 aromatic rings. The second-order valence-electron chi connectivity index (χ2n) is 13.7. The average Bonchev–Trinajstić information content (AvgIpc) is 3.22. The first-order valence-electron chi connectivity index (χ1n) is 17.9. The van der Waals surface area contributed by atoms with Gasteiger partial charge >= 0.3 is 0 Å². The summed E-state index contributed by atoms with van der Waals surface area (Å²) in [6, 6.07) is 55.7. The van der Waals surface area contributed by atoms with E-state index < -0.39 is 0 Å². The third kappa shape index (κ3) is 6.95. The van der Waals surface area contributed by atoms with E-state index in [-0.39, 0.29) is 0 Å². The summed E-state index contributed by atoms with van der Waals surface area (Å²) in [4.78, 5) is 2.26. The van der Waals surface area contributed by atoms with Crippen LogP contribution in [0.4, 0.5) is 17.1 Å². The lowest BCUT2D eigenvalue weighted by Gasteiger charge is -2.26. The monoisotopic (exact) mass is 705 g/mol. The Bertz CT molecular complexity index is 2590. The maximum atomic E-state index is 9.57. The molecule has 5 nitrogen and oxygen atoms in total. The summed E-state index contributed by atoms with van der Waals surface area (Å²) in [6.07, 6.45) is 0. The molecule has 0 aliphatic heterocycles. The molecular weight excluding hydrogens is 671 g/mol. The van der Waals surface area contributed by atoms with Gasteiger partial charge in [0.15, 0.2) is 0 Å². The third-order valence-corrected chi connectivity index (χ3v) is 10.2. The quantitative estimate of drug-likeness (QED) is 0.164. The van der Waals surface area contributed by atoms with Gasteiger partial charge in [-0.3, -0.25) is 0 Å². The van der Waals surface area contributed by atoms with Crippen molar-refractivity contribution in [1.82, 2.24) is 0 Å². The lowest BCUT2D eigenvalue weighted by molar-refractivity contribution is 1.28. The summed E-state index contributed by atoms with van der Waals surface area (Å²) in [6.45, 7) is 8.37. The number of benzene rings is 7. The molecule has 0 unspecified atom stereocenters. The van der Waals surface area contributed by atoms with Crippen molar-refractivity contribution in [2.75, 3.05) is 4.90 Å². The van der Waals surface area contributed by atoms with Crippen molar-refractivity contribution in [2.45, 2.75) is 27.7 Å². The molecule has 0 spiro atoms. The standard InChI is InChI=1S/C50H35N5/c1-32-24-49(38-10-12-40(28-51)42(26-38)30-53)34(3)22-47(32)36-14-18-45(19-15-36)55(44-8-6-5-7-9-44)46-20-16-37(17-21-46)48-23-35(4)50(25-33(48)2)39-11-13-41(29-52)43(27-39)31-54/h5-27H,1-4H3. The maximum absolute atomic E-state index is 9.57. The predicted molar refractivity (Wildman–Crippen MR) is 221 cm³/mol. The predicted octanol–water partition coefficient (Wildman–Crippen LogP) is 12.5. The molecule has 0 bridgehead atoms. The first-order valence-corrected chi connectivity index (χ1v) is 17.9. The second-order valence-corrected chi connectivity index (χ2v) is 13.7. The van der Waals surface area contributed by atoms with Gasteiger partial charge in [-0.05, 0) is 155 Å². The number of aryl methyl sites for hydroxylation is 4. The summed E-state index contributed by atoms with van der Waals surface area (Å²) >= 11 is 0. The Morgan fingerprint density at radius 2 is 0.636 bits per heavy atom. The van der Waals surface area contributed by atoms with Gasteiger partial charge in [0.25, 0.3) is 0 Å². The van der Waals surface area contributed by atoms with Crippen LogP contribution in [0.25, 0.3) is 44.5 Å². The van der Waals surface area contributed by atoms with Gasteiger partial charge in [-0.15, -0.1) is 0 Å². The molecule has 0 heterocycles. The number of hydrogen-bond acceptors (Lipinski definition) is 5. The van der Waals surface area contributed by atoms with Gasteiger partial charge in [0.05, 0.1) is 22.3 Å². The molecule has 0 saturated carbocycles. The average molecular weight is 706 g/mol. The van der Waals surface area contributed by atoms with Gasteiger partial charge in [-0.1, -0.05) is 78.9 Å². The molecule has 0 aliphatic carbocycles. The zero-order valence-electron chi connectivity index (χ0n) is 31.0. The molecule has 0 aromatic heterocycles. The number of nitriles is 4. The van der Waals surface area contributed by atoms with E-state index in [4.69, 9.17) is 0 Å². The normalized spacial score (nSPS) is 10.5. The molecule has 0 saturated heterocycles. The molecule has 260 valence electrons. The minimum atomic E-state index is 0.380. The van der Waals surface area contributed by atoms with Gasteiger partial charge in [0.2, 0.25) is 0 Å². The highest BCUT2D eigenvalue weighted by Crippen LogP contribution is 2.39. The first-order chi connectivity index (χ1) is 26.7. The summed E-state index contributed by atoms with van der Waals surface area (Å²) in [5, 5.41) is 37.9. The Morgan fingerprint density at radius 1 is 0.327 bits per heavy atom. The van der Waals surface area contributed by atoms with Gasteiger partial charge in [0, 0.05) is 17.1 Å². The van der Waals surface area contributed by atoms with E-state index in [9.17, 15) is 21.0 Å². The molecule has 5 heteroatoms. The first kappa shape index (κ1) is 35.7. The van der Waals surface area contributed by atoms with Crippen LogP contribution in [-0.4, -0.2) is 0 Å². The lowest BCUT2D eigenvalue weighted by Crippen LogP contribution is -2.09. The van der Waals surface area contributed by atoms with Crippen molar-refractivity contribution in [3.05, 3.63) is 184 Å². The van der Waals surface area contributed by atoms with Gasteiger partial charge in [0.1, 0.15) is 24.3 Å². The summed E-state index contributed by atoms with van der Waals surface area (Å²) in [5.41, 5.74) is 17.5. The highest BCUT2D eigenvalue weighted by molar-refractivity contribution is 5.83. The molecule has 7 aromatic carbocycles. The Labute approximate surface area is 322 Å². The zero-order valence-corrected chi connectivity index (χ0v) is 31.0. The molecule has 0 radical (unpaired) electrons. The Morgan fingerprint density at radius 3 is 0.982 bits per heavy atom.